The third-order valence-corrected chi connectivity index (χ3v) is 8.28. The Kier molecular flexibility index (Phi) is 6.28. The Balaban J connectivity index is 1.54. The van der Waals surface area contributed by atoms with Crippen LogP contribution in [0.4, 0.5) is 5.69 Å². The van der Waals surface area contributed by atoms with E-state index in [2.05, 4.69) is 16.7 Å². The molecule has 178 valence electrons. The maximum Gasteiger partial charge on any atom is 0.264 e. The van der Waals surface area contributed by atoms with Crippen LogP contribution in [0, 0.1) is 6.92 Å². The molecule has 4 aromatic carbocycles. The summed E-state index contributed by atoms with van der Waals surface area (Å²) < 4.78 is 30.8. The number of aliphatic hydroxyl groups excluding tert-OH is 1. The number of aromatic nitrogens is 1. The number of aliphatic hydroxyl groups is 1. The molecule has 0 radical (unpaired) electrons. The molecule has 0 aliphatic rings. The Bertz CT molecular complexity index is 1560. The maximum absolute atomic E-state index is 13.7. The van der Waals surface area contributed by atoms with Crippen LogP contribution in [-0.4, -0.2) is 30.7 Å². The molecule has 1 heterocycles. The second kappa shape index (κ2) is 9.38. The average molecular weight is 505 g/mol. The molecular weight excluding hydrogens is 480 g/mol. The van der Waals surface area contributed by atoms with E-state index in [4.69, 9.17) is 11.6 Å². The number of anilines is 1. The highest BCUT2D eigenvalue weighted by Gasteiger charge is 2.28. The monoisotopic (exact) mass is 504 g/mol. The fourth-order valence-electron chi connectivity index (χ4n) is 4.56. The summed E-state index contributed by atoms with van der Waals surface area (Å²) in [4.78, 5) is 0.120. The van der Waals surface area contributed by atoms with E-state index in [0.717, 1.165) is 27.4 Å². The number of nitrogens with zero attached hydrogens (tertiary/aromatic N) is 2. The van der Waals surface area contributed by atoms with Gasteiger partial charge < -0.3 is 9.67 Å². The van der Waals surface area contributed by atoms with Gasteiger partial charge in [0.2, 0.25) is 0 Å². The summed E-state index contributed by atoms with van der Waals surface area (Å²) in [5, 5.41) is 13.9. The zero-order chi connectivity index (χ0) is 24.6. The van der Waals surface area contributed by atoms with Crippen molar-refractivity contribution in [2.24, 2.45) is 0 Å². The summed E-state index contributed by atoms with van der Waals surface area (Å²) in [6.07, 6.45) is -0.962. The molecule has 0 spiro atoms. The molecule has 1 N–H and O–H groups in total. The molecule has 1 unspecified atom stereocenters. The van der Waals surface area contributed by atoms with Crippen molar-refractivity contribution in [3.8, 4) is 0 Å². The molecule has 1 atom stereocenters. The zero-order valence-corrected chi connectivity index (χ0v) is 20.7. The van der Waals surface area contributed by atoms with Gasteiger partial charge in [-0.05, 0) is 55.0 Å². The van der Waals surface area contributed by atoms with E-state index in [-0.39, 0.29) is 18.0 Å². The standard InChI is InChI=1S/C28H25ClN2O3S/c1-20-8-2-5-11-26(20)31(35(33,34)23-16-14-21(29)15-17-23)19-22(32)18-30-27-12-6-3-9-24(27)25-10-4-7-13-28(25)30/h2-17,22,32H,18-19H2,1H3. The van der Waals surface area contributed by atoms with Crippen molar-refractivity contribution in [2.75, 3.05) is 10.8 Å². The summed E-state index contributed by atoms with van der Waals surface area (Å²) in [6.45, 7) is 2.00. The molecule has 0 saturated carbocycles. The highest BCUT2D eigenvalue weighted by molar-refractivity contribution is 7.92. The summed E-state index contributed by atoms with van der Waals surface area (Å²) in [7, 11) is -3.95. The molecule has 5 nitrogen and oxygen atoms in total. The number of sulfonamides is 1. The predicted molar refractivity (Wildman–Crippen MR) is 143 cm³/mol. The minimum Gasteiger partial charge on any atom is -0.389 e. The van der Waals surface area contributed by atoms with Crippen molar-refractivity contribution in [2.45, 2.75) is 24.5 Å². The van der Waals surface area contributed by atoms with Crippen molar-refractivity contribution < 1.29 is 13.5 Å². The van der Waals surface area contributed by atoms with Crippen LogP contribution in [0.25, 0.3) is 21.8 Å². The molecule has 0 bridgehead atoms. The summed E-state index contributed by atoms with van der Waals surface area (Å²) in [5.41, 5.74) is 3.32. The normalized spacial score (nSPS) is 12.8. The lowest BCUT2D eigenvalue weighted by atomic mass is 10.2. The van der Waals surface area contributed by atoms with Crippen molar-refractivity contribution in [1.82, 2.24) is 4.57 Å². The van der Waals surface area contributed by atoms with Crippen LogP contribution in [0.3, 0.4) is 0 Å². The van der Waals surface area contributed by atoms with Crippen LogP contribution >= 0.6 is 11.6 Å². The third kappa shape index (κ3) is 4.41. The summed E-state index contributed by atoms with van der Waals surface area (Å²) in [6, 6.07) is 29.4. The van der Waals surface area contributed by atoms with Crippen molar-refractivity contribution in [3.05, 3.63) is 108 Å². The first-order valence-corrected chi connectivity index (χ1v) is 13.2. The molecule has 0 aliphatic carbocycles. The number of para-hydroxylation sites is 3. The Hall–Kier alpha value is -3.32. The van der Waals surface area contributed by atoms with Crippen LogP contribution in [-0.2, 0) is 16.6 Å². The lowest BCUT2D eigenvalue weighted by molar-refractivity contribution is 0.166. The Morgan fingerprint density at radius 2 is 1.37 bits per heavy atom. The van der Waals surface area contributed by atoms with Crippen molar-refractivity contribution >= 4 is 49.1 Å². The molecule has 5 aromatic rings. The van der Waals surface area contributed by atoms with Gasteiger partial charge in [0.1, 0.15) is 0 Å². The number of aryl methyl sites for hydroxylation is 1. The first kappa shape index (κ1) is 23.4. The van der Waals surface area contributed by atoms with Gasteiger partial charge in [-0.25, -0.2) is 8.42 Å². The molecule has 7 heteroatoms. The molecule has 0 saturated heterocycles. The zero-order valence-electron chi connectivity index (χ0n) is 19.2. The largest absolute Gasteiger partial charge is 0.389 e. The van der Waals surface area contributed by atoms with E-state index in [1.807, 2.05) is 55.5 Å². The quantitative estimate of drug-likeness (QED) is 0.295. The van der Waals surface area contributed by atoms with Gasteiger partial charge in [-0.1, -0.05) is 66.2 Å². The van der Waals surface area contributed by atoms with Crippen LogP contribution in [0.2, 0.25) is 5.02 Å². The van der Waals surface area contributed by atoms with Crippen molar-refractivity contribution in [1.29, 1.82) is 0 Å². The van der Waals surface area contributed by atoms with Gasteiger partial charge in [-0.3, -0.25) is 4.31 Å². The minimum atomic E-state index is -3.95. The fourth-order valence-corrected chi connectivity index (χ4v) is 6.26. The lowest BCUT2D eigenvalue weighted by Crippen LogP contribution is -2.39. The van der Waals surface area contributed by atoms with Crippen LogP contribution in [0.5, 0.6) is 0 Å². The highest BCUT2D eigenvalue weighted by atomic mass is 35.5. The number of halogens is 1. The fraction of sp³-hybridized carbons (Fsp3) is 0.143. The van der Waals surface area contributed by atoms with Crippen LogP contribution in [0.1, 0.15) is 5.56 Å². The first-order valence-electron chi connectivity index (χ1n) is 11.3. The van der Waals surface area contributed by atoms with E-state index >= 15 is 0 Å². The predicted octanol–water partition coefficient (Wildman–Crippen LogP) is 6.01. The van der Waals surface area contributed by atoms with E-state index in [1.54, 1.807) is 24.3 Å². The second-order valence-corrected chi connectivity index (χ2v) is 10.9. The minimum absolute atomic E-state index is 0.101. The smallest absolute Gasteiger partial charge is 0.264 e. The topological polar surface area (TPSA) is 62.5 Å². The molecule has 5 rings (SSSR count). The third-order valence-electron chi connectivity index (χ3n) is 6.24. The van der Waals surface area contributed by atoms with E-state index < -0.39 is 16.1 Å². The molecule has 35 heavy (non-hydrogen) atoms. The maximum atomic E-state index is 13.7. The van der Waals surface area contributed by atoms with Crippen molar-refractivity contribution in [3.63, 3.8) is 0 Å². The summed E-state index contributed by atoms with van der Waals surface area (Å²) >= 11 is 5.99. The van der Waals surface area contributed by atoms with Gasteiger partial charge in [0, 0.05) is 26.8 Å². The molecule has 0 amide bonds. The average Bonchev–Trinajstić information content (AvgIpc) is 3.17. The molecular formula is C28H25ClN2O3S. The number of hydrogen-bond donors (Lipinski definition) is 1. The SMILES string of the molecule is Cc1ccccc1N(CC(O)Cn1c2ccccc2c2ccccc21)S(=O)(=O)c1ccc(Cl)cc1. The van der Waals surface area contributed by atoms with E-state index in [9.17, 15) is 13.5 Å². The second-order valence-electron chi connectivity index (χ2n) is 8.58. The van der Waals surface area contributed by atoms with Gasteiger partial charge in [0.25, 0.3) is 10.0 Å². The van der Waals surface area contributed by atoms with Gasteiger partial charge >= 0.3 is 0 Å². The lowest BCUT2D eigenvalue weighted by Gasteiger charge is -2.28. The number of benzene rings is 4. The van der Waals surface area contributed by atoms with E-state index in [1.165, 1.54) is 16.4 Å². The summed E-state index contributed by atoms with van der Waals surface area (Å²) in [5.74, 6) is 0. The van der Waals surface area contributed by atoms with E-state index in [0.29, 0.717) is 10.7 Å². The van der Waals surface area contributed by atoms with Gasteiger partial charge in [0.15, 0.2) is 0 Å². The Labute approximate surface area is 209 Å². The molecule has 1 aromatic heterocycles. The molecule has 0 fully saturated rings. The van der Waals surface area contributed by atoms with Gasteiger partial charge in [-0.2, -0.15) is 0 Å². The first-order chi connectivity index (χ1) is 16.9. The molecule has 0 aliphatic heterocycles. The Morgan fingerprint density at radius 1 is 0.829 bits per heavy atom. The van der Waals surface area contributed by atoms with Crippen LogP contribution in [0.15, 0.2) is 102 Å². The number of hydrogen-bond acceptors (Lipinski definition) is 3. The highest BCUT2D eigenvalue weighted by Crippen LogP contribution is 2.31. The van der Waals surface area contributed by atoms with Gasteiger partial charge in [0.05, 0.1) is 29.8 Å². The van der Waals surface area contributed by atoms with Gasteiger partial charge in [-0.15, -0.1) is 0 Å². The number of rotatable bonds is 7. The number of fused-ring (bicyclic) bond motifs is 3. The Morgan fingerprint density at radius 3 is 1.97 bits per heavy atom. The van der Waals surface area contributed by atoms with Crippen LogP contribution < -0.4 is 4.31 Å².